The van der Waals surface area contributed by atoms with Gasteiger partial charge in [-0.3, -0.25) is 0 Å². The predicted octanol–water partition coefficient (Wildman–Crippen LogP) is 1.72. The average molecular weight is 221 g/mol. The molecule has 1 aromatic rings. The van der Waals surface area contributed by atoms with E-state index < -0.39 is 0 Å². The Morgan fingerprint density at radius 2 is 2.12 bits per heavy atom. The highest BCUT2D eigenvalue weighted by atomic mass is 16.6. The summed E-state index contributed by atoms with van der Waals surface area (Å²) in [4.78, 5) is 0. The summed E-state index contributed by atoms with van der Waals surface area (Å²) in [7, 11) is 0. The fourth-order valence-corrected chi connectivity index (χ4v) is 1.64. The van der Waals surface area contributed by atoms with E-state index in [0.717, 1.165) is 5.56 Å². The van der Waals surface area contributed by atoms with Gasteiger partial charge in [0, 0.05) is 0 Å². The van der Waals surface area contributed by atoms with Crippen LogP contribution in [0.3, 0.4) is 0 Å². The van der Waals surface area contributed by atoms with E-state index in [1.165, 1.54) is 11.1 Å². The van der Waals surface area contributed by atoms with Crippen molar-refractivity contribution in [1.29, 1.82) is 0 Å². The van der Waals surface area contributed by atoms with Crippen LogP contribution in [0.5, 0.6) is 0 Å². The maximum atomic E-state index is 6.08. The van der Waals surface area contributed by atoms with Gasteiger partial charge < -0.3 is 15.2 Å². The molecule has 0 aliphatic carbocycles. The molecule has 3 nitrogen and oxygen atoms in total. The third-order valence-corrected chi connectivity index (χ3v) is 3.08. The van der Waals surface area contributed by atoms with Gasteiger partial charge in [0.15, 0.2) is 0 Å². The Bertz CT molecular complexity index is 361. The zero-order valence-electron chi connectivity index (χ0n) is 9.90. The Kier molecular flexibility index (Phi) is 3.59. The average Bonchev–Trinajstić information content (AvgIpc) is 2.19. The normalized spacial score (nSPS) is 18.2. The molecule has 0 radical (unpaired) electrons. The summed E-state index contributed by atoms with van der Waals surface area (Å²) in [6.07, 6.45) is 0.248. The van der Waals surface area contributed by atoms with E-state index >= 15 is 0 Å². The van der Waals surface area contributed by atoms with Crippen molar-refractivity contribution in [3.05, 3.63) is 34.9 Å². The Morgan fingerprint density at radius 3 is 2.69 bits per heavy atom. The van der Waals surface area contributed by atoms with E-state index in [9.17, 15) is 0 Å². The van der Waals surface area contributed by atoms with Crippen LogP contribution in [0.2, 0.25) is 0 Å². The first-order valence-corrected chi connectivity index (χ1v) is 5.69. The summed E-state index contributed by atoms with van der Waals surface area (Å²) in [5.41, 5.74) is 9.79. The largest absolute Gasteiger partial charge is 0.376 e. The molecule has 16 heavy (non-hydrogen) atoms. The first-order chi connectivity index (χ1) is 7.66. The number of ether oxygens (including phenoxy) is 2. The lowest BCUT2D eigenvalue weighted by atomic mass is 10.0. The second-order valence-electron chi connectivity index (χ2n) is 4.44. The standard InChI is InChI=1S/C13H19NO2/c1-9-3-4-11(5-10(9)2)13(14)8-16-12-6-15-7-12/h3-5,12-13H,6-8,14H2,1-2H3. The van der Waals surface area contributed by atoms with Gasteiger partial charge in [0.05, 0.1) is 25.9 Å². The number of rotatable bonds is 4. The Morgan fingerprint density at radius 1 is 1.38 bits per heavy atom. The fraction of sp³-hybridized carbons (Fsp3) is 0.538. The molecule has 1 aromatic carbocycles. The lowest BCUT2D eigenvalue weighted by Crippen LogP contribution is -2.37. The summed E-state index contributed by atoms with van der Waals surface area (Å²) in [6.45, 7) is 6.19. The molecule has 0 spiro atoms. The van der Waals surface area contributed by atoms with Crippen molar-refractivity contribution in [3.8, 4) is 0 Å². The third kappa shape index (κ3) is 2.61. The molecule has 0 bridgehead atoms. The van der Waals surface area contributed by atoms with Crippen LogP contribution in [0.1, 0.15) is 22.7 Å². The van der Waals surface area contributed by atoms with E-state index in [1.807, 2.05) is 0 Å². The molecular formula is C13H19NO2. The van der Waals surface area contributed by atoms with Crippen LogP contribution < -0.4 is 5.73 Å². The SMILES string of the molecule is Cc1ccc(C(N)COC2COC2)cc1C. The van der Waals surface area contributed by atoms with E-state index in [4.69, 9.17) is 15.2 Å². The van der Waals surface area contributed by atoms with Gasteiger partial charge in [-0.25, -0.2) is 0 Å². The molecule has 1 aliphatic heterocycles. The van der Waals surface area contributed by atoms with Crippen molar-refractivity contribution in [3.63, 3.8) is 0 Å². The maximum absolute atomic E-state index is 6.08. The van der Waals surface area contributed by atoms with Crippen molar-refractivity contribution in [2.45, 2.75) is 26.0 Å². The first kappa shape index (κ1) is 11.6. The third-order valence-electron chi connectivity index (χ3n) is 3.08. The second kappa shape index (κ2) is 4.95. The van der Waals surface area contributed by atoms with E-state index in [1.54, 1.807) is 0 Å². The molecule has 88 valence electrons. The second-order valence-corrected chi connectivity index (χ2v) is 4.44. The fourth-order valence-electron chi connectivity index (χ4n) is 1.64. The van der Waals surface area contributed by atoms with Crippen molar-refractivity contribution < 1.29 is 9.47 Å². The van der Waals surface area contributed by atoms with Crippen molar-refractivity contribution >= 4 is 0 Å². The van der Waals surface area contributed by atoms with Gasteiger partial charge in [0.25, 0.3) is 0 Å². The van der Waals surface area contributed by atoms with Gasteiger partial charge in [0.2, 0.25) is 0 Å². The van der Waals surface area contributed by atoms with E-state index in [2.05, 4.69) is 32.0 Å². The lowest BCUT2D eigenvalue weighted by Gasteiger charge is -2.27. The molecule has 0 saturated carbocycles. The number of benzene rings is 1. The van der Waals surface area contributed by atoms with Gasteiger partial charge in [-0.2, -0.15) is 0 Å². The molecule has 2 rings (SSSR count). The molecule has 2 N–H and O–H groups in total. The van der Waals surface area contributed by atoms with Crippen LogP contribution in [0, 0.1) is 13.8 Å². The first-order valence-electron chi connectivity index (χ1n) is 5.69. The Balaban J connectivity index is 1.91. The molecule has 1 atom stereocenters. The van der Waals surface area contributed by atoms with Gasteiger partial charge >= 0.3 is 0 Å². The smallest absolute Gasteiger partial charge is 0.104 e. The molecule has 3 heteroatoms. The Labute approximate surface area is 96.5 Å². The van der Waals surface area contributed by atoms with E-state index in [-0.39, 0.29) is 12.1 Å². The van der Waals surface area contributed by atoms with Gasteiger partial charge in [-0.05, 0) is 30.5 Å². The van der Waals surface area contributed by atoms with Crippen LogP contribution in [-0.4, -0.2) is 25.9 Å². The molecule has 1 aliphatic rings. The number of hydrogen-bond acceptors (Lipinski definition) is 3. The van der Waals surface area contributed by atoms with Crippen LogP contribution in [0.15, 0.2) is 18.2 Å². The molecule has 1 heterocycles. The minimum Gasteiger partial charge on any atom is -0.376 e. The van der Waals surface area contributed by atoms with Crippen molar-refractivity contribution in [1.82, 2.24) is 0 Å². The molecule has 1 saturated heterocycles. The van der Waals surface area contributed by atoms with Crippen LogP contribution in [0.25, 0.3) is 0 Å². The molecule has 1 unspecified atom stereocenters. The van der Waals surface area contributed by atoms with E-state index in [0.29, 0.717) is 19.8 Å². The lowest BCUT2D eigenvalue weighted by molar-refractivity contribution is -0.131. The molecule has 0 aromatic heterocycles. The summed E-state index contributed by atoms with van der Waals surface area (Å²) < 4.78 is 10.7. The monoisotopic (exact) mass is 221 g/mol. The van der Waals surface area contributed by atoms with Gasteiger partial charge in [-0.1, -0.05) is 18.2 Å². The number of nitrogens with two attached hydrogens (primary N) is 1. The van der Waals surface area contributed by atoms with Crippen LogP contribution >= 0.6 is 0 Å². The minimum absolute atomic E-state index is 0.0418. The van der Waals surface area contributed by atoms with Crippen molar-refractivity contribution in [2.24, 2.45) is 5.73 Å². The Hall–Kier alpha value is -0.900. The van der Waals surface area contributed by atoms with Crippen LogP contribution in [-0.2, 0) is 9.47 Å². The zero-order valence-corrected chi connectivity index (χ0v) is 9.90. The minimum atomic E-state index is -0.0418. The summed E-state index contributed by atoms with van der Waals surface area (Å²) in [6, 6.07) is 6.28. The molecular weight excluding hydrogens is 202 g/mol. The topological polar surface area (TPSA) is 44.5 Å². The maximum Gasteiger partial charge on any atom is 0.104 e. The molecule has 1 fully saturated rings. The summed E-state index contributed by atoms with van der Waals surface area (Å²) in [5.74, 6) is 0. The number of hydrogen-bond donors (Lipinski definition) is 1. The number of aryl methyl sites for hydroxylation is 2. The molecule has 0 amide bonds. The summed E-state index contributed by atoms with van der Waals surface area (Å²) in [5, 5.41) is 0. The highest BCUT2D eigenvalue weighted by Gasteiger charge is 2.20. The quantitative estimate of drug-likeness (QED) is 0.842. The zero-order chi connectivity index (χ0) is 11.5. The highest BCUT2D eigenvalue weighted by molar-refractivity contribution is 5.31. The van der Waals surface area contributed by atoms with Gasteiger partial charge in [-0.15, -0.1) is 0 Å². The summed E-state index contributed by atoms with van der Waals surface area (Å²) >= 11 is 0. The van der Waals surface area contributed by atoms with Gasteiger partial charge in [0.1, 0.15) is 6.10 Å². The highest BCUT2D eigenvalue weighted by Crippen LogP contribution is 2.17. The van der Waals surface area contributed by atoms with Crippen molar-refractivity contribution in [2.75, 3.05) is 19.8 Å². The van der Waals surface area contributed by atoms with Crippen LogP contribution in [0.4, 0.5) is 0 Å². The predicted molar refractivity (Wildman–Crippen MR) is 63.4 cm³/mol.